The Kier molecular flexibility index (Phi) is 8.24. The van der Waals surface area contributed by atoms with Crippen LogP contribution in [0.15, 0.2) is 6.20 Å². The van der Waals surface area contributed by atoms with Crippen molar-refractivity contribution in [3.05, 3.63) is 11.9 Å². The third-order valence-corrected chi connectivity index (χ3v) is 1.27. The highest BCUT2D eigenvalue weighted by atomic mass is 35.5. The van der Waals surface area contributed by atoms with Crippen LogP contribution >= 0.6 is 24.8 Å². The van der Waals surface area contributed by atoms with E-state index in [4.69, 9.17) is 11.5 Å². The number of nitrogens with zero attached hydrogens (tertiary/aromatic N) is 3. The molecule has 0 radical (unpaired) electrons. The van der Waals surface area contributed by atoms with Crippen molar-refractivity contribution in [2.75, 3.05) is 0 Å². The molecule has 0 aromatic carbocycles. The minimum absolute atomic E-state index is 0. The third kappa shape index (κ3) is 5.05. The number of aromatic nitrogens is 3. The molecule has 4 N–H and O–H groups in total. The SMILES string of the molecule is CC(N)Cn1cc(CN)nn1.Cl.Cl. The largest absolute Gasteiger partial charge is 0.326 e. The average molecular weight is 228 g/mol. The Balaban J connectivity index is 0. The predicted octanol–water partition coefficient (Wildman–Crippen LogP) is -0.0724. The smallest absolute Gasteiger partial charge is 0.0962 e. The summed E-state index contributed by atoms with van der Waals surface area (Å²) in [7, 11) is 0. The summed E-state index contributed by atoms with van der Waals surface area (Å²) >= 11 is 0. The summed E-state index contributed by atoms with van der Waals surface area (Å²) in [5.74, 6) is 0. The zero-order valence-electron chi connectivity index (χ0n) is 7.38. The Morgan fingerprint density at radius 2 is 2.15 bits per heavy atom. The molecule has 1 aromatic heterocycles. The second-order valence-electron chi connectivity index (χ2n) is 2.61. The van der Waals surface area contributed by atoms with Crippen molar-refractivity contribution >= 4 is 24.8 Å². The van der Waals surface area contributed by atoms with Crippen LogP contribution in [0.1, 0.15) is 12.6 Å². The summed E-state index contributed by atoms with van der Waals surface area (Å²) in [5.41, 5.74) is 11.7. The van der Waals surface area contributed by atoms with Crippen LogP contribution < -0.4 is 11.5 Å². The zero-order valence-corrected chi connectivity index (χ0v) is 9.01. The molecule has 78 valence electrons. The first-order valence-corrected chi connectivity index (χ1v) is 3.57. The molecular weight excluding hydrogens is 213 g/mol. The van der Waals surface area contributed by atoms with Crippen LogP contribution in [0.3, 0.4) is 0 Å². The molecule has 0 spiro atoms. The molecule has 0 saturated carbocycles. The Bertz CT molecular complexity index is 225. The minimum atomic E-state index is 0. The topological polar surface area (TPSA) is 82.8 Å². The van der Waals surface area contributed by atoms with Gasteiger partial charge in [0.25, 0.3) is 0 Å². The molecule has 13 heavy (non-hydrogen) atoms. The van der Waals surface area contributed by atoms with E-state index >= 15 is 0 Å². The highest BCUT2D eigenvalue weighted by Crippen LogP contribution is 1.91. The lowest BCUT2D eigenvalue weighted by Gasteiger charge is -2.01. The van der Waals surface area contributed by atoms with E-state index in [2.05, 4.69) is 10.3 Å². The number of nitrogens with two attached hydrogens (primary N) is 2. The summed E-state index contributed by atoms with van der Waals surface area (Å²) in [6, 6.07) is 0.0994. The van der Waals surface area contributed by atoms with Crippen molar-refractivity contribution in [2.24, 2.45) is 11.5 Å². The molecule has 5 nitrogen and oxygen atoms in total. The third-order valence-electron chi connectivity index (χ3n) is 1.27. The van der Waals surface area contributed by atoms with Crippen molar-refractivity contribution in [3.8, 4) is 0 Å². The summed E-state index contributed by atoms with van der Waals surface area (Å²) in [6.07, 6.45) is 1.81. The van der Waals surface area contributed by atoms with E-state index in [-0.39, 0.29) is 30.9 Å². The van der Waals surface area contributed by atoms with E-state index in [1.807, 2.05) is 13.1 Å². The van der Waals surface area contributed by atoms with Gasteiger partial charge in [0.05, 0.1) is 12.2 Å². The lowest BCUT2D eigenvalue weighted by atomic mass is 10.4. The number of hydrogen-bond acceptors (Lipinski definition) is 4. The van der Waals surface area contributed by atoms with Gasteiger partial charge in [0.1, 0.15) is 0 Å². The fourth-order valence-electron chi connectivity index (χ4n) is 0.816. The van der Waals surface area contributed by atoms with Crippen LogP contribution in [-0.2, 0) is 13.1 Å². The van der Waals surface area contributed by atoms with E-state index in [9.17, 15) is 0 Å². The maximum atomic E-state index is 5.56. The van der Waals surface area contributed by atoms with Gasteiger partial charge < -0.3 is 11.5 Å². The molecule has 1 aromatic rings. The van der Waals surface area contributed by atoms with Gasteiger partial charge in [-0.1, -0.05) is 5.21 Å². The first-order valence-electron chi connectivity index (χ1n) is 3.57. The second kappa shape index (κ2) is 7.08. The van der Waals surface area contributed by atoms with Gasteiger partial charge in [-0.05, 0) is 6.92 Å². The first kappa shape index (κ1) is 15.1. The van der Waals surface area contributed by atoms with Crippen molar-refractivity contribution in [2.45, 2.75) is 26.1 Å². The lowest BCUT2D eigenvalue weighted by Crippen LogP contribution is -2.22. The van der Waals surface area contributed by atoms with Gasteiger partial charge in [-0.2, -0.15) is 0 Å². The fourth-order valence-corrected chi connectivity index (χ4v) is 0.816. The highest BCUT2D eigenvalue weighted by Gasteiger charge is 1.99. The molecule has 0 aliphatic carbocycles. The van der Waals surface area contributed by atoms with Crippen LogP contribution in [0, 0.1) is 0 Å². The summed E-state index contributed by atoms with van der Waals surface area (Å²) < 4.78 is 1.70. The quantitative estimate of drug-likeness (QED) is 0.758. The standard InChI is InChI=1S/C6H13N5.2ClH/c1-5(8)3-11-4-6(2-7)9-10-11;;/h4-5H,2-3,7-8H2,1H3;2*1H. The normalized spacial score (nSPS) is 11.3. The molecule has 1 unspecified atom stereocenters. The van der Waals surface area contributed by atoms with Gasteiger partial charge in [-0.3, -0.25) is 4.68 Å². The minimum Gasteiger partial charge on any atom is -0.326 e. The van der Waals surface area contributed by atoms with Gasteiger partial charge in [0.2, 0.25) is 0 Å². The molecule has 0 fully saturated rings. The fraction of sp³-hybridized carbons (Fsp3) is 0.667. The number of rotatable bonds is 3. The molecule has 1 atom stereocenters. The molecule has 0 saturated heterocycles. The Morgan fingerprint density at radius 1 is 1.54 bits per heavy atom. The van der Waals surface area contributed by atoms with E-state index in [0.717, 1.165) is 5.69 Å². The Morgan fingerprint density at radius 3 is 2.54 bits per heavy atom. The lowest BCUT2D eigenvalue weighted by molar-refractivity contribution is 0.523. The number of hydrogen-bond donors (Lipinski definition) is 2. The molecular formula is C6H15Cl2N5. The Hall–Kier alpha value is -0.360. The van der Waals surface area contributed by atoms with E-state index in [0.29, 0.717) is 13.1 Å². The molecule has 0 aliphatic rings. The van der Waals surface area contributed by atoms with Crippen molar-refractivity contribution < 1.29 is 0 Å². The Labute approximate surface area is 89.7 Å². The molecule has 7 heteroatoms. The van der Waals surface area contributed by atoms with Crippen LogP contribution in [0.25, 0.3) is 0 Å². The molecule has 0 amide bonds. The monoisotopic (exact) mass is 227 g/mol. The highest BCUT2D eigenvalue weighted by molar-refractivity contribution is 5.85. The van der Waals surface area contributed by atoms with Crippen molar-refractivity contribution in [1.29, 1.82) is 0 Å². The zero-order chi connectivity index (χ0) is 8.27. The van der Waals surface area contributed by atoms with Gasteiger partial charge >= 0.3 is 0 Å². The first-order chi connectivity index (χ1) is 5.22. The van der Waals surface area contributed by atoms with Crippen LogP contribution in [0.5, 0.6) is 0 Å². The van der Waals surface area contributed by atoms with Gasteiger partial charge in [0, 0.05) is 18.8 Å². The summed E-state index contributed by atoms with van der Waals surface area (Å²) in [5, 5.41) is 7.65. The van der Waals surface area contributed by atoms with Gasteiger partial charge in [0.15, 0.2) is 0 Å². The molecule has 0 aliphatic heterocycles. The average Bonchev–Trinajstić information content (AvgIpc) is 2.34. The maximum Gasteiger partial charge on any atom is 0.0962 e. The van der Waals surface area contributed by atoms with E-state index in [1.165, 1.54) is 0 Å². The molecule has 0 bridgehead atoms. The van der Waals surface area contributed by atoms with Gasteiger partial charge in [-0.15, -0.1) is 29.9 Å². The van der Waals surface area contributed by atoms with Crippen LogP contribution in [0.4, 0.5) is 0 Å². The second-order valence-corrected chi connectivity index (χ2v) is 2.61. The predicted molar refractivity (Wildman–Crippen MR) is 56.1 cm³/mol. The summed E-state index contributed by atoms with van der Waals surface area (Å²) in [4.78, 5) is 0. The van der Waals surface area contributed by atoms with Crippen molar-refractivity contribution in [1.82, 2.24) is 15.0 Å². The van der Waals surface area contributed by atoms with Gasteiger partial charge in [-0.25, -0.2) is 0 Å². The van der Waals surface area contributed by atoms with E-state index < -0.39 is 0 Å². The van der Waals surface area contributed by atoms with Crippen LogP contribution in [-0.4, -0.2) is 21.0 Å². The van der Waals surface area contributed by atoms with Crippen molar-refractivity contribution in [3.63, 3.8) is 0 Å². The maximum absolute atomic E-state index is 5.56. The number of halogens is 2. The van der Waals surface area contributed by atoms with E-state index in [1.54, 1.807) is 4.68 Å². The molecule has 1 rings (SSSR count). The van der Waals surface area contributed by atoms with Crippen LogP contribution in [0.2, 0.25) is 0 Å². The molecule has 1 heterocycles. The summed E-state index contributed by atoms with van der Waals surface area (Å²) in [6.45, 7) is 3.04.